The third kappa shape index (κ3) is 2.96. The number of hydrogen-bond acceptors (Lipinski definition) is 4. The first-order valence-corrected chi connectivity index (χ1v) is 7.17. The number of benzene rings is 1. The van der Waals surface area contributed by atoms with Crippen molar-refractivity contribution < 1.29 is 9.47 Å². The largest absolute Gasteiger partial charge is 0.497 e. The Balaban J connectivity index is 2.47. The number of rotatable bonds is 6. The van der Waals surface area contributed by atoms with Crippen LogP contribution in [0.5, 0.6) is 11.5 Å². The molecule has 2 rings (SSSR count). The van der Waals surface area contributed by atoms with Gasteiger partial charge in [-0.2, -0.15) is 0 Å². The topological polar surface area (TPSA) is 62.3 Å². The molecule has 0 fully saturated rings. The van der Waals surface area contributed by atoms with Crippen LogP contribution >= 0.6 is 0 Å². The summed E-state index contributed by atoms with van der Waals surface area (Å²) in [6.45, 7) is 5.03. The van der Waals surface area contributed by atoms with Crippen LogP contribution in [0, 0.1) is 6.92 Å². The molecule has 0 saturated carbocycles. The van der Waals surface area contributed by atoms with Crippen LogP contribution in [-0.2, 0) is 6.54 Å². The van der Waals surface area contributed by atoms with Crippen molar-refractivity contribution in [2.75, 3.05) is 20.0 Å². The number of hydrogen-bond donors (Lipinski definition) is 1. The van der Waals surface area contributed by atoms with Crippen molar-refractivity contribution in [2.24, 2.45) is 0 Å². The molecule has 5 heteroatoms. The van der Waals surface area contributed by atoms with E-state index in [2.05, 4.69) is 16.5 Å². The van der Waals surface area contributed by atoms with E-state index in [1.165, 1.54) is 0 Å². The number of unbranched alkanes of at least 4 members (excludes halogenated alkanes) is 1. The highest BCUT2D eigenvalue weighted by Crippen LogP contribution is 2.36. The van der Waals surface area contributed by atoms with E-state index in [1.54, 1.807) is 14.2 Å². The number of nitrogens with zero attached hydrogens (tertiary/aromatic N) is 2. The van der Waals surface area contributed by atoms with Crippen LogP contribution in [0.15, 0.2) is 18.2 Å². The summed E-state index contributed by atoms with van der Waals surface area (Å²) in [6.07, 6.45) is 2.21. The van der Waals surface area contributed by atoms with Crippen molar-refractivity contribution >= 4 is 5.82 Å². The second kappa shape index (κ2) is 6.52. The molecule has 2 N–H and O–H groups in total. The Bertz CT molecular complexity index is 620. The Morgan fingerprint density at radius 1 is 1.24 bits per heavy atom. The first kappa shape index (κ1) is 15.2. The van der Waals surface area contributed by atoms with Crippen molar-refractivity contribution in [1.29, 1.82) is 0 Å². The lowest BCUT2D eigenvalue weighted by Crippen LogP contribution is -2.05. The van der Waals surface area contributed by atoms with Gasteiger partial charge in [-0.3, -0.25) is 0 Å². The van der Waals surface area contributed by atoms with E-state index in [9.17, 15) is 0 Å². The Kier molecular flexibility index (Phi) is 4.73. The SMILES string of the molecule is CCCCn1c(C)nc(-c2ccc(OC)cc2OC)c1N. The summed E-state index contributed by atoms with van der Waals surface area (Å²) in [7, 11) is 3.27. The molecule has 0 bridgehead atoms. The zero-order valence-corrected chi connectivity index (χ0v) is 13.1. The van der Waals surface area contributed by atoms with Crippen LogP contribution in [0.4, 0.5) is 5.82 Å². The van der Waals surface area contributed by atoms with Gasteiger partial charge >= 0.3 is 0 Å². The lowest BCUT2D eigenvalue weighted by atomic mass is 10.1. The smallest absolute Gasteiger partial charge is 0.132 e. The number of ether oxygens (including phenoxy) is 2. The Labute approximate surface area is 125 Å². The molecule has 0 saturated heterocycles. The highest BCUT2D eigenvalue weighted by molar-refractivity contribution is 5.76. The van der Waals surface area contributed by atoms with Crippen LogP contribution in [0.1, 0.15) is 25.6 Å². The molecular weight excluding hydrogens is 266 g/mol. The van der Waals surface area contributed by atoms with E-state index in [0.717, 1.165) is 42.2 Å². The summed E-state index contributed by atoms with van der Waals surface area (Å²) >= 11 is 0. The summed E-state index contributed by atoms with van der Waals surface area (Å²) in [5.74, 6) is 3.07. The maximum atomic E-state index is 6.28. The van der Waals surface area contributed by atoms with Gasteiger partial charge in [-0.15, -0.1) is 0 Å². The molecule has 1 aromatic heterocycles. The van der Waals surface area contributed by atoms with E-state index < -0.39 is 0 Å². The predicted octanol–water partition coefficient (Wildman–Crippen LogP) is 3.26. The first-order chi connectivity index (χ1) is 10.1. The number of nitrogen functional groups attached to an aromatic ring is 1. The lowest BCUT2D eigenvalue weighted by Gasteiger charge is -2.10. The van der Waals surface area contributed by atoms with E-state index >= 15 is 0 Å². The zero-order valence-electron chi connectivity index (χ0n) is 13.1. The summed E-state index contributed by atoms with van der Waals surface area (Å²) in [4.78, 5) is 4.61. The van der Waals surface area contributed by atoms with Crippen molar-refractivity contribution in [2.45, 2.75) is 33.2 Å². The third-order valence-corrected chi connectivity index (χ3v) is 3.60. The molecule has 0 atom stereocenters. The fourth-order valence-corrected chi connectivity index (χ4v) is 2.37. The van der Waals surface area contributed by atoms with Gasteiger partial charge in [0.15, 0.2) is 0 Å². The molecule has 0 amide bonds. The number of nitrogens with two attached hydrogens (primary N) is 1. The molecule has 2 aromatic rings. The molecule has 0 spiro atoms. The quantitative estimate of drug-likeness (QED) is 0.886. The van der Waals surface area contributed by atoms with E-state index in [1.807, 2.05) is 25.1 Å². The lowest BCUT2D eigenvalue weighted by molar-refractivity contribution is 0.395. The van der Waals surface area contributed by atoms with Gasteiger partial charge in [-0.1, -0.05) is 13.3 Å². The average Bonchev–Trinajstić information content (AvgIpc) is 2.79. The molecule has 1 aromatic carbocycles. The molecule has 0 aliphatic rings. The van der Waals surface area contributed by atoms with Crippen LogP contribution in [-0.4, -0.2) is 23.8 Å². The van der Waals surface area contributed by atoms with Gasteiger partial charge in [0.1, 0.15) is 28.8 Å². The fourth-order valence-electron chi connectivity index (χ4n) is 2.37. The molecule has 114 valence electrons. The second-order valence-corrected chi connectivity index (χ2v) is 4.96. The monoisotopic (exact) mass is 289 g/mol. The van der Waals surface area contributed by atoms with Gasteiger partial charge in [-0.05, 0) is 25.5 Å². The van der Waals surface area contributed by atoms with Gasteiger partial charge in [0.25, 0.3) is 0 Å². The van der Waals surface area contributed by atoms with Crippen LogP contribution < -0.4 is 15.2 Å². The number of aromatic nitrogens is 2. The molecule has 5 nitrogen and oxygen atoms in total. The average molecular weight is 289 g/mol. The standard InChI is InChI=1S/C16H23N3O2/c1-5-6-9-19-11(2)18-15(16(19)17)13-8-7-12(20-3)10-14(13)21-4/h7-8,10H,5-6,9,17H2,1-4H3. The van der Waals surface area contributed by atoms with E-state index in [0.29, 0.717) is 11.6 Å². The molecule has 1 heterocycles. The molecule has 0 aliphatic heterocycles. The number of aryl methyl sites for hydroxylation is 1. The van der Waals surface area contributed by atoms with Gasteiger partial charge in [0, 0.05) is 18.2 Å². The van der Waals surface area contributed by atoms with Crippen molar-refractivity contribution in [3.05, 3.63) is 24.0 Å². The van der Waals surface area contributed by atoms with Gasteiger partial charge in [0.05, 0.1) is 14.2 Å². The number of imidazole rings is 1. The summed E-state index contributed by atoms with van der Waals surface area (Å²) in [6, 6.07) is 5.66. The van der Waals surface area contributed by atoms with Crippen LogP contribution in [0.3, 0.4) is 0 Å². The van der Waals surface area contributed by atoms with Crippen LogP contribution in [0.2, 0.25) is 0 Å². The Morgan fingerprint density at radius 2 is 2.00 bits per heavy atom. The molecule has 0 aliphatic carbocycles. The van der Waals surface area contributed by atoms with Crippen molar-refractivity contribution in [3.8, 4) is 22.8 Å². The maximum Gasteiger partial charge on any atom is 0.132 e. The van der Waals surface area contributed by atoms with Crippen molar-refractivity contribution in [1.82, 2.24) is 9.55 Å². The van der Waals surface area contributed by atoms with E-state index in [4.69, 9.17) is 15.2 Å². The normalized spacial score (nSPS) is 10.7. The fraction of sp³-hybridized carbons (Fsp3) is 0.438. The third-order valence-electron chi connectivity index (χ3n) is 3.60. The summed E-state index contributed by atoms with van der Waals surface area (Å²) in [5, 5.41) is 0. The van der Waals surface area contributed by atoms with Crippen LogP contribution in [0.25, 0.3) is 11.3 Å². The second-order valence-electron chi connectivity index (χ2n) is 4.96. The predicted molar refractivity (Wildman–Crippen MR) is 84.8 cm³/mol. The van der Waals surface area contributed by atoms with Crippen molar-refractivity contribution in [3.63, 3.8) is 0 Å². The highest BCUT2D eigenvalue weighted by Gasteiger charge is 2.17. The zero-order chi connectivity index (χ0) is 15.4. The summed E-state index contributed by atoms with van der Waals surface area (Å²) < 4.78 is 12.7. The molecular formula is C16H23N3O2. The van der Waals surface area contributed by atoms with Gasteiger partial charge < -0.3 is 19.8 Å². The molecule has 21 heavy (non-hydrogen) atoms. The minimum absolute atomic E-state index is 0.685. The number of methoxy groups -OCH3 is 2. The number of anilines is 1. The van der Waals surface area contributed by atoms with E-state index in [-0.39, 0.29) is 0 Å². The molecule has 0 unspecified atom stereocenters. The Hall–Kier alpha value is -2.17. The highest BCUT2D eigenvalue weighted by atomic mass is 16.5. The maximum absolute atomic E-state index is 6.28. The minimum atomic E-state index is 0.685. The minimum Gasteiger partial charge on any atom is -0.497 e. The first-order valence-electron chi connectivity index (χ1n) is 7.17. The Morgan fingerprint density at radius 3 is 2.62 bits per heavy atom. The summed E-state index contributed by atoms with van der Waals surface area (Å²) in [5.41, 5.74) is 7.94. The van der Waals surface area contributed by atoms with Gasteiger partial charge in [0.2, 0.25) is 0 Å². The molecule has 0 radical (unpaired) electrons. The van der Waals surface area contributed by atoms with Gasteiger partial charge in [-0.25, -0.2) is 4.98 Å².